The maximum absolute atomic E-state index is 13.6. The molecule has 5 atom stereocenters. The summed E-state index contributed by atoms with van der Waals surface area (Å²) in [5.74, 6) is 1.65. The number of likely N-dealkylation sites (N-methyl/N-ethyl adjacent to an activating group) is 1. The average molecular weight is 586 g/mol. The van der Waals surface area contributed by atoms with Crippen LogP contribution in [0.3, 0.4) is 0 Å². The number of likely N-dealkylation sites (tertiary alicyclic amines) is 1. The maximum Gasteiger partial charge on any atom is 0.308 e. The molecule has 7 nitrogen and oxygen atoms in total. The van der Waals surface area contributed by atoms with Crippen LogP contribution in [0.5, 0.6) is 17.2 Å². The normalized spacial score (nSPS) is 29.9. The zero-order chi connectivity index (χ0) is 27.9. The highest BCUT2D eigenvalue weighted by molar-refractivity contribution is 6.42. The molecule has 1 amide bonds. The topological polar surface area (TPSA) is 79.3 Å². The average Bonchev–Trinajstić information content (AvgIpc) is 3.66. The Morgan fingerprint density at radius 1 is 1.18 bits per heavy atom. The number of aromatic hydroxyl groups is 1. The van der Waals surface area contributed by atoms with Gasteiger partial charge in [0.25, 0.3) is 0 Å². The van der Waals surface area contributed by atoms with Gasteiger partial charge in [0.05, 0.1) is 22.5 Å². The molecule has 3 aliphatic carbocycles. The summed E-state index contributed by atoms with van der Waals surface area (Å²) in [6, 6.07) is 7.00. The fraction of sp³-hybridized carbons (Fsp3) is 0.548. The van der Waals surface area contributed by atoms with Gasteiger partial charge in [0, 0.05) is 49.2 Å². The number of phenolic OH excluding ortho intramolecular Hbond substituents is 1. The minimum Gasteiger partial charge on any atom is -0.504 e. The largest absolute Gasteiger partial charge is 0.504 e. The van der Waals surface area contributed by atoms with E-state index in [-0.39, 0.29) is 35.6 Å². The summed E-state index contributed by atoms with van der Waals surface area (Å²) < 4.78 is 12.4. The van der Waals surface area contributed by atoms with Crippen LogP contribution >= 0.6 is 23.2 Å². The molecule has 0 unspecified atom stereocenters. The summed E-state index contributed by atoms with van der Waals surface area (Å²) in [7, 11) is 1.86. The van der Waals surface area contributed by atoms with Crippen molar-refractivity contribution in [3.8, 4) is 17.2 Å². The molecule has 1 spiro atoms. The van der Waals surface area contributed by atoms with Crippen LogP contribution in [0.4, 0.5) is 0 Å². The van der Waals surface area contributed by atoms with Crippen molar-refractivity contribution in [1.29, 1.82) is 0 Å². The van der Waals surface area contributed by atoms with Crippen molar-refractivity contribution < 1.29 is 24.2 Å². The molecule has 0 aromatic heterocycles. The molecule has 2 aromatic carbocycles. The van der Waals surface area contributed by atoms with Gasteiger partial charge in [-0.05, 0) is 74.6 Å². The molecular weight excluding hydrogens is 551 g/mol. The lowest BCUT2D eigenvalue weighted by atomic mass is 9.50. The molecule has 5 aliphatic rings. The number of amides is 1. The van der Waals surface area contributed by atoms with Gasteiger partial charge in [0.15, 0.2) is 11.5 Å². The molecule has 9 heteroatoms. The third kappa shape index (κ3) is 4.03. The van der Waals surface area contributed by atoms with Gasteiger partial charge in [-0.1, -0.05) is 29.3 Å². The third-order valence-electron chi connectivity index (χ3n) is 10.2. The fourth-order valence-corrected chi connectivity index (χ4v) is 8.60. The van der Waals surface area contributed by atoms with Crippen LogP contribution in [0, 0.1) is 11.8 Å². The molecule has 212 valence electrons. The second-order valence-corrected chi connectivity index (χ2v) is 13.2. The van der Waals surface area contributed by atoms with E-state index in [1.54, 1.807) is 18.2 Å². The summed E-state index contributed by atoms with van der Waals surface area (Å²) in [5, 5.41) is 12.0. The number of benzene rings is 2. The van der Waals surface area contributed by atoms with Gasteiger partial charge in [-0.3, -0.25) is 14.5 Å². The molecule has 7 rings (SSSR count). The molecule has 2 bridgehead atoms. The van der Waals surface area contributed by atoms with E-state index in [4.69, 9.17) is 32.7 Å². The highest BCUT2D eigenvalue weighted by Gasteiger charge is 2.67. The van der Waals surface area contributed by atoms with Crippen molar-refractivity contribution in [2.24, 2.45) is 11.8 Å². The van der Waals surface area contributed by atoms with Crippen LogP contribution in [0.25, 0.3) is 0 Å². The fourth-order valence-electron chi connectivity index (χ4n) is 8.28. The molecule has 2 aromatic rings. The third-order valence-corrected chi connectivity index (χ3v) is 10.9. The maximum atomic E-state index is 13.6. The molecule has 1 saturated heterocycles. The van der Waals surface area contributed by atoms with Gasteiger partial charge < -0.3 is 19.5 Å². The van der Waals surface area contributed by atoms with Crippen molar-refractivity contribution in [2.45, 2.75) is 75.5 Å². The van der Waals surface area contributed by atoms with Crippen molar-refractivity contribution >= 4 is 35.1 Å². The predicted molar refractivity (Wildman–Crippen MR) is 151 cm³/mol. The molecule has 3 fully saturated rings. The number of hydrogen-bond acceptors (Lipinski definition) is 6. The Bertz CT molecular complexity index is 1410. The Hall–Kier alpha value is -2.48. The minimum atomic E-state index is -0.403. The van der Waals surface area contributed by atoms with Gasteiger partial charge in [-0.2, -0.15) is 0 Å². The Morgan fingerprint density at radius 3 is 2.70 bits per heavy atom. The summed E-state index contributed by atoms with van der Waals surface area (Å²) >= 11 is 12.3. The minimum absolute atomic E-state index is 0.0000734. The summed E-state index contributed by atoms with van der Waals surface area (Å²) in [6.45, 7) is 3.46. The highest BCUT2D eigenvalue weighted by Crippen LogP contribution is 2.65. The van der Waals surface area contributed by atoms with E-state index >= 15 is 0 Å². The molecular formula is C31H34Cl2N2O5. The van der Waals surface area contributed by atoms with Crippen LogP contribution in [-0.2, 0) is 27.8 Å². The summed E-state index contributed by atoms with van der Waals surface area (Å²) in [5.41, 5.74) is 2.46. The SMILES string of the molecule is CC(=O)Oc1cc(O)c2c3c1C[C@@H]1[C@@H]4CC[C@@H](N(C)C(=O)Cc5ccc(Cl)c(Cl)c5)[C@H](O2)[C@]34CCN1CC1CC1. The number of phenols is 1. The number of carbonyl (C=O) groups is 2. The molecule has 2 heterocycles. The van der Waals surface area contributed by atoms with Gasteiger partial charge in [-0.25, -0.2) is 0 Å². The first-order valence-corrected chi connectivity index (χ1v) is 15.1. The van der Waals surface area contributed by atoms with Crippen molar-refractivity contribution in [2.75, 3.05) is 20.1 Å². The van der Waals surface area contributed by atoms with E-state index in [0.717, 1.165) is 61.4 Å². The van der Waals surface area contributed by atoms with E-state index in [1.165, 1.54) is 19.8 Å². The molecule has 40 heavy (non-hydrogen) atoms. The smallest absolute Gasteiger partial charge is 0.308 e. The highest BCUT2D eigenvalue weighted by atomic mass is 35.5. The summed E-state index contributed by atoms with van der Waals surface area (Å²) in [6.07, 6.45) is 5.99. The first-order chi connectivity index (χ1) is 19.2. The van der Waals surface area contributed by atoms with Crippen LogP contribution in [0.2, 0.25) is 10.0 Å². The van der Waals surface area contributed by atoms with Crippen LogP contribution in [-0.4, -0.2) is 65.1 Å². The van der Waals surface area contributed by atoms with Crippen molar-refractivity contribution in [3.05, 3.63) is 51.0 Å². The summed E-state index contributed by atoms with van der Waals surface area (Å²) in [4.78, 5) is 30.2. The monoisotopic (exact) mass is 584 g/mol. The second-order valence-electron chi connectivity index (χ2n) is 12.4. The number of ether oxygens (including phenoxy) is 2. The predicted octanol–water partition coefficient (Wildman–Crippen LogP) is 5.14. The number of esters is 1. The van der Waals surface area contributed by atoms with E-state index in [1.807, 2.05) is 18.0 Å². The Balaban J connectivity index is 1.26. The molecule has 2 saturated carbocycles. The Kier molecular flexibility index (Phi) is 6.30. The van der Waals surface area contributed by atoms with Crippen LogP contribution in [0.1, 0.15) is 55.7 Å². The lowest BCUT2D eigenvalue weighted by Gasteiger charge is -2.60. The Labute approximate surface area is 244 Å². The van der Waals surface area contributed by atoms with Gasteiger partial charge >= 0.3 is 5.97 Å². The quantitative estimate of drug-likeness (QED) is 0.374. The van der Waals surface area contributed by atoms with Crippen molar-refractivity contribution in [1.82, 2.24) is 9.80 Å². The molecule has 0 radical (unpaired) electrons. The first-order valence-electron chi connectivity index (χ1n) is 14.4. The number of rotatable bonds is 6. The lowest BCUT2D eigenvalue weighted by Crippen LogP contribution is -2.69. The van der Waals surface area contributed by atoms with E-state index < -0.39 is 5.97 Å². The molecule has 1 N–H and O–H groups in total. The zero-order valence-electron chi connectivity index (χ0n) is 22.8. The van der Waals surface area contributed by atoms with E-state index in [2.05, 4.69) is 4.90 Å². The number of carbonyl (C=O) groups excluding carboxylic acids is 2. The Morgan fingerprint density at radius 2 is 1.98 bits per heavy atom. The van der Waals surface area contributed by atoms with Crippen molar-refractivity contribution in [3.63, 3.8) is 0 Å². The van der Waals surface area contributed by atoms with Gasteiger partial charge in [0.2, 0.25) is 5.91 Å². The number of piperidine rings is 1. The second kappa shape index (κ2) is 9.53. The zero-order valence-corrected chi connectivity index (χ0v) is 24.3. The van der Waals surface area contributed by atoms with Gasteiger partial charge in [0.1, 0.15) is 11.9 Å². The number of nitrogens with zero attached hydrogens (tertiary/aromatic N) is 2. The van der Waals surface area contributed by atoms with Crippen LogP contribution < -0.4 is 9.47 Å². The van der Waals surface area contributed by atoms with Crippen LogP contribution in [0.15, 0.2) is 24.3 Å². The van der Waals surface area contributed by atoms with E-state index in [0.29, 0.717) is 33.5 Å². The lowest BCUT2D eigenvalue weighted by molar-refractivity contribution is -0.139. The standard InChI is InChI=1S/C31H34Cl2N2O5/c1-16(36)39-26-14-25(37)29-28-19(26)13-24-20-6-8-23(34(2)27(38)12-18-5-7-21(32)22(33)11-18)30(40-29)31(20,28)9-10-35(24)15-17-3-4-17/h5,7,11,14,17,20,23-24,30,37H,3-4,6,8-10,12-13,15H2,1-2H3/t20-,23+,24+,30-,31-/m0/s1. The number of hydrogen-bond donors (Lipinski definition) is 1. The first kappa shape index (κ1) is 26.4. The number of halogens is 2. The van der Waals surface area contributed by atoms with Gasteiger partial charge in [-0.15, -0.1) is 0 Å². The molecule has 2 aliphatic heterocycles. The van der Waals surface area contributed by atoms with E-state index in [9.17, 15) is 14.7 Å².